The number of piperidine rings is 1. The van der Waals surface area contributed by atoms with Gasteiger partial charge >= 0.3 is 0 Å². The van der Waals surface area contributed by atoms with Crippen molar-refractivity contribution in [3.63, 3.8) is 0 Å². The highest BCUT2D eigenvalue weighted by Crippen LogP contribution is 2.22. The third-order valence-electron chi connectivity index (χ3n) is 5.07. The van der Waals surface area contributed by atoms with Crippen LogP contribution in [-0.2, 0) is 11.3 Å². The first-order chi connectivity index (χ1) is 12.5. The summed E-state index contributed by atoms with van der Waals surface area (Å²) in [6, 6.07) is 9.67. The SMILES string of the molecule is Cc1ccc(CN(C)C(=O)C2CCCN(C(=O)c3ccco3)C2)c(C)c1. The Morgan fingerprint density at radius 2 is 2.08 bits per heavy atom. The van der Waals surface area contributed by atoms with Crippen LogP contribution in [0.1, 0.15) is 40.1 Å². The summed E-state index contributed by atoms with van der Waals surface area (Å²) in [5.74, 6) is 0.145. The Balaban J connectivity index is 1.64. The van der Waals surface area contributed by atoms with Crippen LogP contribution in [0.25, 0.3) is 0 Å². The molecule has 2 heterocycles. The molecule has 5 heteroatoms. The minimum atomic E-state index is -0.154. The number of likely N-dealkylation sites (tertiary alicyclic amines) is 1. The molecule has 1 aromatic carbocycles. The summed E-state index contributed by atoms with van der Waals surface area (Å²) >= 11 is 0. The molecule has 1 aliphatic rings. The van der Waals surface area contributed by atoms with Crippen LogP contribution in [0.2, 0.25) is 0 Å². The third kappa shape index (κ3) is 3.98. The zero-order chi connectivity index (χ0) is 18.7. The van der Waals surface area contributed by atoms with E-state index in [1.807, 2.05) is 7.05 Å². The van der Waals surface area contributed by atoms with Gasteiger partial charge in [-0.2, -0.15) is 0 Å². The Hall–Kier alpha value is -2.56. The van der Waals surface area contributed by atoms with E-state index >= 15 is 0 Å². The molecule has 1 saturated heterocycles. The molecule has 1 atom stereocenters. The van der Waals surface area contributed by atoms with Crippen molar-refractivity contribution < 1.29 is 14.0 Å². The number of hydrogen-bond donors (Lipinski definition) is 0. The minimum absolute atomic E-state index is 0.0990. The molecule has 2 aromatic rings. The predicted molar refractivity (Wildman–Crippen MR) is 99.7 cm³/mol. The fourth-order valence-corrected chi connectivity index (χ4v) is 3.59. The molecule has 3 rings (SSSR count). The Kier molecular flexibility index (Phi) is 5.45. The van der Waals surface area contributed by atoms with Crippen molar-refractivity contribution >= 4 is 11.8 Å². The van der Waals surface area contributed by atoms with Crippen LogP contribution in [0.5, 0.6) is 0 Å². The number of nitrogens with zero attached hydrogens (tertiary/aromatic N) is 2. The van der Waals surface area contributed by atoms with Crippen LogP contribution >= 0.6 is 0 Å². The van der Waals surface area contributed by atoms with Gasteiger partial charge in [0.1, 0.15) is 0 Å². The van der Waals surface area contributed by atoms with Crippen molar-refractivity contribution in [2.75, 3.05) is 20.1 Å². The highest BCUT2D eigenvalue weighted by atomic mass is 16.3. The number of amides is 2. The third-order valence-corrected chi connectivity index (χ3v) is 5.07. The van der Waals surface area contributed by atoms with Gasteiger partial charge in [0.2, 0.25) is 5.91 Å². The van der Waals surface area contributed by atoms with E-state index in [9.17, 15) is 9.59 Å². The molecule has 26 heavy (non-hydrogen) atoms. The van der Waals surface area contributed by atoms with Gasteiger partial charge in [-0.15, -0.1) is 0 Å². The van der Waals surface area contributed by atoms with Crippen molar-refractivity contribution in [2.45, 2.75) is 33.2 Å². The number of benzene rings is 1. The number of hydrogen-bond acceptors (Lipinski definition) is 3. The summed E-state index contributed by atoms with van der Waals surface area (Å²) < 4.78 is 5.21. The van der Waals surface area contributed by atoms with Crippen LogP contribution < -0.4 is 0 Å². The number of carbonyl (C=O) groups excluding carboxylic acids is 2. The van der Waals surface area contributed by atoms with Crippen molar-refractivity contribution in [1.82, 2.24) is 9.80 Å². The van der Waals surface area contributed by atoms with Gasteiger partial charge in [0.05, 0.1) is 12.2 Å². The van der Waals surface area contributed by atoms with Gasteiger partial charge in [-0.3, -0.25) is 9.59 Å². The van der Waals surface area contributed by atoms with E-state index in [1.165, 1.54) is 17.4 Å². The second-order valence-electron chi connectivity index (χ2n) is 7.19. The largest absolute Gasteiger partial charge is 0.459 e. The van der Waals surface area contributed by atoms with Gasteiger partial charge in [0.15, 0.2) is 5.76 Å². The van der Waals surface area contributed by atoms with Crippen LogP contribution in [0.15, 0.2) is 41.0 Å². The number of aryl methyl sites for hydroxylation is 2. The van der Waals surface area contributed by atoms with Crippen LogP contribution in [0.3, 0.4) is 0 Å². The average molecular weight is 354 g/mol. The molecule has 0 saturated carbocycles. The zero-order valence-corrected chi connectivity index (χ0v) is 15.7. The smallest absolute Gasteiger partial charge is 0.289 e. The van der Waals surface area contributed by atoms with Gasteiger partial charge < -0.3 is 14.2 Å². The van der Waals surface area contributed by atoms with Gasteiger partial charge in [0.25, 0.3) is 5.91 Å². The Morgan fingerprint density at radius 3 is 2.77 bits per heavy atom. The molecule has 1 aliphatic heterocycles. The highest BCUT2D eigenvalue weighted by molar-refractivity contribution is 5.92. The molecule has 0 N–H and O–H groups in total. The maximum Gasteiger partial charge on any atom is 0.289 e. The molecule has 0 aliphatic carbocycles. The van der Waals surface area contributed by atoms with Crippen LogP contribution in [-0.4, -0.2) is 41.8 Å². The molecular weight excluding hydrogens is 328 g/mol. The maximum absolute atomic E-state index is 12.9. The second-order valence-corrected chi connectivity index (χ2v) is 7.19. The van der Waals surface area contributed by atoms with Gasteiger partial charge in [-0.05, 0) is 49.9 Å². The van der Waals surface area contributed by atoms with E-state index in [-0.39, 0.29) is 17.7 Å². The summed E-state index contributed by atoms with van der Waals surface area (Å²) in [5, 5.41) is 0. The lowest BCUT2D eigenvalue weighted by Crippen LogP contribution is -2.45. The molecule has 0 spiro atoms. The quantitative estimate of drug-likeness (QED) is 0.845. The van der Waals surface area contributed by atoms with Crippen molar-refractivity contribution in [3.05, 3.63) is 59.0 Å². The average Bonchev–Trinajstić information content (AvgIpc) is 3.17. The minimum Gasteiger partial charge on any atom is -0.459 e. The number of furan rings is 1. The summed E-state index contributed by atoms with van der Waals surface area (Å²) in [5.41, 5.74) is 3.58. The topological polar surface area (TPSA) is 53.8 Å². The summed E-state index contributed by atoms with van der Waals surface area (Å²) in [7, 11) is 1.84. The van der Waals surface area contributed by atoms with Crippen molar-refractivity contribution in [2.24, 2.45) is 5.92 Å². The molecule has 2 amide bonds. The first kappa shape index (κ1) is 18.2. The lowest BCUT2D eigenvalue weighted by Gasteiger charge is -2.33. The summed E-state index contributed by atoms with van der Waals surface area (Å²) in [6.07, 6.45) is 3.15. The zero-order valence-electron chi connectivity index (χ0n) is 15.7. The van der Waals surface area contributed by atoms with E-state index in [0.29, 0.717) is 25.4 Å². The Bertz CT molecular complexity index is 783. The normalized spacial score (nSPS) is 17.2. The molecule has 0 bridgehead atoms. The lowest BCUT2D eigenvalue weighted by atomic mass is 9.96. The van der Waals surface area contributed by atoms with E-state index < -0.39 is 0 Å². The first-order valence-corrected chi connectivity index (χ1v) is 9.09. The molecule has 1 fully saturated rings. The molecular formula is C21H26N2O3. The van der Waals surface area contributed by atoms with Crippen molar-refractivity contribution in [3.8, 4) is 0 Å². The second kappa shape index (κ2) is 7.77. The van der Waals surface area contributed by atoms with Gasteiger partial charge in [-0.1, -0.05) is 23.8 Å². The Morgan fingerprint density at radius 1 is 1.27 bits per heavy atom. The van der Waals surface area contributed by atoms with Crippen molar-refractivity contribution in [1.29, 1.82) is 0 Å². The first-order valence-electron chi connectivity index (χ1n) is 9.09. The number of rotatable bonds is 4. The molecule has 5 nitrogen and oxygen atoms in total. The summed E-state index contributed by atoms with van der Waals surface area (Å²) in [4.78, 5) is 28.9. The molecule has 1 aromatic heterocycles. The maximum atomic E-state index is 12.9. The fourth-order valence-electron chi connectivity index (χ4n) is 3.59. The van der Waals surface area contributed by atoms with E-state index in [1.54, 1.807) is 21.9 Å². The van der Waals surface area contributed by atoms with E-state index in [0.717, 1.165) is 18.4 Å². The highest BCUT2D eigenvalue weighted by Gasteiger charge is 2.31. The predicted octanol–water partition coefficient (Wildman–Crippen LogP) is 3.41. The molecule has 1 unspecified atom stereocenters. The number of carbonyl (C=O) groups is 2. The fraction of sp³-hybridized carbons (Fsp3) is 0.429. The van der Waals surface area contributed by atoms with Crippen LogP contribution in [0.4, 0.5) is 0 Å². The van der Waals surface area contributed by atoms with Gasteiger partial charge in [0, 0.05) is 26.7 Å². The lowest BCUT2D eigenvalue weighted by molar-refractivity contribution is -0.136. The molecule has 138 valence electrons. The standard InChI is InChI=1S/C21H26N2O3/c1-15-8-9-17(16(2)12-15)13-22(3)20(24)18-6-4-10-23(14-18)21(25)19-7-5-11-26-19/h5,7-9,11-12,18H,4,6,10,13-14H2,1-3H3. The van der Waals surface area contributed by atoms with E-state index in [4.69, 9.17) is 4.42 Å². The van der Waals surface area contributed by atoms with E-state index in [2.05, 4.69) is 32.0 Å². The summed E-state index contributed by atoms with van der Waals surface area (Å²) in [6.45, 7) is 5.86. The van der Waals surface area contributed by atoms with Crippen LogP contribution in [0, 0.1) is 19.8 Å². The monoisotopic (exact) mass is 354 g/mol. The van der Waals surface area contributed by atoms with Gasteiger partial charge in [-0.25, -0.2) is 0 Å². The Labute approximate surface area is 154 Å². The molecule has 0 radical (unpaired) electrons.